The largest absolute Gasteiger partial charge is 0.444 e. The molecule has 3 N–H and O–H groups in total. The van der Waals surface area contributed by atoms with Crippen molar-refractivity contribution in [2.45, 2.75) is 25.0 Å². The maximum Gasteiger partial charge on any atom is 0.341 e. The minimum Gasteiger partial charge on any atom is -0.444 e. The van der Waals surface area contributed by atoms with E-state index in [1.807, 2.05) is 0 Å². The summed E-state index contributed by atoms with van der Waals surface area (Å²) >= 11 is 0. The van der Waals surface area contributed by atoms with Crippen LogP contribution in [0.5, 0.6) is 0 Å². The number of hydrogen-bond donors (Lipinski definition) is 3. The summed E-state index contributed by atoms with van der Waals surface area (Å²) < 4.78 is 5.49. The van der Waals surface area contributed by atoms with Crippen molar-refractivity contribution in [1.29, 1.82) is 0 Å². The maximum atomic E-state index is 12.9. The monoisotopic (exact) mass is 399 g/mol. The fourth-order valence-electron chi connectivity index (χ4n) is 2.74. The lowest BCUT2D eigenvalue weighted by molar-refractivity contribution is -0.384. The van der Waals surface area contributed by atoms with Crippen LogP contribution in [0.4, 0.5) is 11.4 Å². The molecule has 152 valence electrons. The molecule has 0 aliphatic heterocycles. The van der Waals surface area contributed by atoms with E-state index in [9.17, 15) is 19.7 Å². The Morgan fingerprint density at radius 3 is 2.55 bits per heavy atom. The highest BCUT2D eigenvalue weighted by Crippen LogP contribution is 2.27. The summed E-state index contributed by atoms with van der Waals surface area (Å²) in [7, 11) is 0. The summed E-state index contributed by atoms with van der Waals surface area (Å²) in [6.07, 6.45) is 0.567. The molecule has 0 radical (unpaired) electrons. The molecule has 0 bridgehead atoms. The Labute approximate surface area is 166 Å². The molecule has 1 amide bonds. The first-order chi connectivity index (χ1) is 14.0. The number of amides is 1. The molecule has 0 unspecified atom stereocenters. The molecule has 2 aromatic carbocycles. The van der Waals surface area contributed by atoms with E-state index in [4.69, 9.17) is 9.84 Å². The van der Waals surface area contributed by atoms with Gasteiger partial charge in [0.2, 0.25) is 6.10 Å². The van der Waals surface area contributed by atoms with Crippen LogP contribution in [0.1, 0.15) is 34.9 Å². The number of non-ortho nitro benzene ring substituents is 1. The first kappa shape index (κ1) is 20.3. The van der Waals surface area contributed by atoms with Crippen molar-refractivity contribution in [1.82, 2.24) is 5.32 Å². The fourth-order valence-corrected chi connectivity index (χ4v) is 2.74. The Hall–Kier alpha value is -3.46. The van der Waals surface area contributed by atoms with Gasteiger partial charge >= 0.3 is 5.97 Å². The highest BCUT2D eigenvalue weighted by atomic mass is 16.6. The van der Waals surface area contributed by atoms with Gasteiger partial charge < -0.3 is 20.5 Å². The molecule has 1 saturated carbocycles. The van der Waals surface area contributed by atoms with E-state index in [-0.39, 0.29) is 36.1 Å². The quantitative estimate of drug-likeness (QED) is 0.335. The van der Waals surface area contributed by atoms with E-state index in [1.54, 1.807) is 30.3 Å². The van der Waals surface area contributed by atoms with Crippen LogP contribution in [0.25, 0.3) is 0 Å². The molecule has 1 atom stereocenters. The van der Waals surface area contributed by atoms with Gasteiger partial charge in [-0.05, 0) is 18.9 Å². The number of nitrogens with zero attached hydrogens (tertiary/aromatic N) is 1. The van der Waals surface area contributed by atoms with Crippen LogP contribution in [0, 0.1) is 10.1 Å². The molecule has 0 saturated heterocycles. The number of esters is 1. The number of nitro benzene ring substituents is 1. The van der Waals surface area contributed by atoms with Crippen molar-refractivity contribution in [2.75, 3.05) is 18.5 Å². The van der Waals surface area contributed by atoms with Gasteiger partial charge in [0.25, 0.3) is 11.6 Å². The highest BCUT2D eigenvalue weighted by Gasteiger charge is 2.32. The zero-order valence-corrected chi connectivity index (χ0v) is 15.5. The van der Waals surface area contributed by atoms with Crippen LogP contribution in [0.3, 0.4) is 0 Å². The molecule has 9 heteroatoms. The SMILES string of the molecule is O=C(O[C@@H](C(=O)NC1CC1)c1ccccc1)c1cc([N+](=O)[O-])ccc1NCCO. The van der Waals surface area contributed by atoms with Gasteiger partial charge in [0.15, 0.2) is 0 Å². The van der Waals surface area contributed by atoms with Crippen LogP contribution < -0.4 is 10.6 Å². The summed E-state index contributed by atoms with van der Waals surface area (Å²) in [5.74, 6) is -1.32. The number of ether oxygens (including phenoxy) is 1. The third-order valence-electron chi connectivity index (χ3n) is 4.35. The van der Waals surface area contributed by atoms with Crippen molar-refractivity contribution in [3.05, 3.63) is 69.8 Å². The Kier molecular flexibility index (Phi) is 6.40. The molecule has 29 heavy (non-hydrogen) atoms. The van der Waals surface area contributed by atoms with Gasteiger partial charge in [-0.2, -0.15) is 0 Å². The second kappa shape index (κ2) is 9.16. The third kappa shape index (κ3) is 5.29. The van der Waals surface area contributed by atoms with Gasteiger partial charge in [-0.25, -0.2) is 4.79 Å². The van der Waals surface area contributed by atoms with E-state index in [2.05, 4.69) is 10.6 Å². The van der Waals surface area contributed by atoms with Gasteiger partial charge in [0.05, 0.1) is 17.1 Å². The zero-order valence-electron chi connectivity index (χ0n) is 15.5. The van der Waals surface area contributed by atoms with Gasteiger partial charge in [0.1, 0.15) is 0 Å². The number of nitrogens with one attached hydrogen (secondary N) is 2. The number of aliphatic hydroxyl groups excluding tert-OH is 1. The van der Waals surface area contributed by atoms with E-state index >= 15 is 0 Å². The summed E-state index contributed by atoms with van der Waals surface area (Å²) in [6, 6.07) is 12.3. The first-order valence-electron chi connectivity index (χ1n) is 9.19. The fraction of sp³-hybridized carbons (Fsp3) is 0.300. The lowest BCUT2D eigenvalue weighted by Gasteiger charge is -2.19. The molecule has 0 spiro atoms. The van der Waals surface area contributed by atoms with E-state index in [0.29, 0.717) is 5.56 Å². The molecule has 1 aliphatic rings. The van der Waals surface area contributed by atoms with Gasteiger partial charge in [-0.1, -0.05) is 30.3 Å². The summed E-state index contributed by atoms with van der Waals surface area (Å²) in [5, 5.41) is 25.8. The van der Waals surface area contributed by atoms with Crippen molar-refractivity contribution < 1.29 is 24.4 Å². The number of carbonyl (C=O) groups excluding carboxylic acids is 2. The van der Waals surface area contributed by atoms with Crippen LogP contribution in [-0.2, 0) is 9.53 Å². The summed E-state index contributed by atoms with van der Waals surface area (Å²) in [5.41, 5.74) is 0.386. The van der Waals surface area contributed by atoms with E-state index < -0.39 is 22.9 Å². The van der Waals surface area contributed by atoms with Crippen molar-refractivity contribution in [2.24, 2.45) is 0 Å². The Morgan fingerprint density at radius 1 is 1.21 bits per heavy atom. The van der Waals surface area contributed by atoms with Crippen molar-refractivity contribution in [3.63, 3.8) is 0 Å². The minimum absolute atomic E-state index is 0.0759. The highest BCUT2D eigenvalue weighted by molar-refractivity contribution is 5.98. The van der Waals surface area contributed by atoms with Crippen LogP contribution in [-0.4, -0.2) is 41.1 Å². The Morgan fingerprint density at radius 2 is 1.93 bits per heavy atom. The number of hydrogen-bond acceptors (Lipinski definition) is 7. The number of nitro groups is 1. The van der Waals surface area contributed by atoms with Crippen LogP contribution >= 0.6 is 0 Å². The molecule has 9 nitrogen and oxygen atoms in total. The number of rotatable bonds is 9. The molecular weight excluding hydrogens is 378 g/mol. The number of benzene rings is 2. The van der Waals surface area contributed by atoms with Crippen molar-refractivity contribution in [3.8, 4) is 0 Å². The van der Waals surface area contributed by atoms with E-state index in [1.165, 1.54) is 12.1 Å². The predicted molar refractivity (Wildman–Crippen MR) is 104 cm³/mol. The van der Waals surface area contributed by atoms with Crippen LogP contribution in [0.2, 0.25) is 0 Å². The second-order valence-electron chi connectivity index (χ2n) is 6.62. The van der Waals surface area contributed by atoms with Gasteiger partial charge in [-0.15, -0.1) is 0 Å². The lowest BCUT2D eigenvalue weighted by atomic mass is 10.1. The first-order valence-corrected chi connectivity index (χ1v) is 9.19. The topological polar surface area (TPSA) is 131 Å². The molecule has 3 rings (SSSR count). The lowest BCUT2D eigenvalue weighted by Crippen LogP contribution is -2.33. The molecular formula is C20H21N3O6. The Balaban J connectivity index is 1.88. The standard InChI is InChI=1S/C20H21N3O6/c24-11-10-21-17-9-8-15(23(27)28)12-16(17)20(26)29-18(13-4-2-1-3-5-13)19(25)22-14-6-7-14/h1-5,8-9,12,14,18,21,24H,6-7,10-11H2,(H,22,25)/t18-/m1/s1. The van der Waals surface area contributed by atoms with Crippen LogP contribution in [0.15, 0.2) is 48.5 Å². The van der Waals surface area contributed by atoms with Gasteiger partial charge in [-0.3, -0.25) is 14.9 Å². The summed E-state index contributed by atoms with van der Waals surface area (Å²) in [4.78, 5) is 36.0. The molecule has 1 fully saturated rings. The molecule has 0 aromatic heterocycles. The predicted octanol–water partition coefficient (Wildman–Crippen LogP) is 2.18. The van der Waals surface area contributed by atoms with Crippen molar-refractivity contribution >= 4 is 23.3 Å². The third-order valence-corrected chi connectivity index (χ3v) is 4.35. The summed E-state index contributed by atoms with van der Waals surface area (Å²) in [6.45, 7) is -0.0513. The minimum atomic E-state index is -1.19. The second-order valence-corrected chi connectivity index (χ2v) is 6.62. The van der Waals surface area contributed by atoms with Gasteiger partial charge in [0, 0.05) is 36.0 Å². The smallest absolute Gasteiger partial charge is 0.341 e. The Bertz CT molecular complexity index is 898. The number of aliphatic hydroxyl groups is 1. The average molecular weight is 399 g/mol. The average Bonchev–Trinajstić information content (AvgIpc) is 3.54. The van der Waals surface area contributed by atoms with E-state index in [0.717, 1.165) is 18.9 Å². The maximum absolute atomic E-state index is 12.9. The molecule has 0 heterocycles. The molecule has 1 aliphatic carbocycles. The zero-order chi connectivity index (χ0) is 20.8. The number of anilines is 1. The molecule has 2 aromatic rings. The normalized spacial score (nSPS) is 14.0. The number of carbonyl (C=O) groups is 2.